The van der Waals surface area contributed by atoms with Gasteiger partial charge in [0.15, 0.2) is 0 Å². The van der Waals surface area contributed by atoms with Crippen molar-refractivity contribution in [2.75, 3.05) is 11.9 Å². The van der Waals surface area contributed by atoms with Crippen LogP contribution in [-0.2, 0) is 4.74 Å². The zero-order valence-electron chi connectivity index (χ0n) is 4.49. The van der Waals surface area contributed by atoms with Gasteiger partial charge in [-0.25, -0.2) is 13.2 Å². The summed E-state index contributed by atoms with van der Waals surface area (Å²) in [6.45, 7) is -0.0362. The fourth-order valence-electron chi connectivity index (χ4n) is 0.230. The van der Waals surface area contributed by atoms with Crippen molar-refractivity contribution in [1.29, 1.82) is 0 Å². The Labute approximate surface area is 59.3 Å². The Morgan fingerprint density at radius 2 is 1.89 bits per heavy atom. The molecular formula is C4H6BrF3O. The maximum Gasteiger partial charge on any atom is 0.293 e. The average molecular weight is 207 g/mol. The van der Waals surface area contributed by atoms with Crippen LogP contribution in [0.1, 0.15) is 0 Å². The lowest BCUT2D eigenvalue weighted by Gasteiger charge is -2.05. The molecule has 56 valence electrons. The molecule has 0 aromatic heterocycles. The van der Waals surface area contributed by atoms with E-state index in [0.29, 0.717) is 5.33 Å². The van der Waals surface area contributed by atoms with Gasteiger partial charge in [0.1, 0.15) is 0 Å². The van der Waals surface area contributed by atoms with Crippen LogP contribution in [0.2, 0.25) is 0 Å². The van der Waals surface area contributed by atoms with Crippen LogP contribution >= 0.6 is 15.9 Å². The van der Waals surface area contributed by atoms with Gasteiger partial charge in [0, 0.05) is 5.33 Å². The first-order valence-electron chi connectivity index (χ1n) is 2.28. The Morgan fingerprint density at radius 1 is 1.33 bits per heavy atom. The highest BCUT2D eigenvalue weighted by atomic mass is 79.9. The summed E-state index contributed by atoms with van der Waals surface area (Å²) in [6.07, 6.45) is -5.48. The van der Waals surface area contributed by atoms with Gasteiger partial charge in [0.2, 0.25) is 0 Å². The van der Waals surface area contributed by atoms with Crippen molar-refractivity contribution in [2.45, 2.75) is 12.8 Å². The number of ether oxygens (including phenoxy) is 1. The van der Waals surface area contributed by atoms with E-state index in [1.54, 1.807) is 0 Å². The lowest BCUT2D eigenvalue weighted by molar-refractivity contribution is -0.123. The summed E-state index contributed by atoms with van der Waals surface area (Å²) >= 11 is 2.89. The third-order valence-electron chi connectivity index (χ3n) is 0.552. The van der Waals surface area contributed by atoms with Crippen molar-refractivity contribution in [1.82, 2.24) is 0 Å². The molecule has 0 aliphatic heterocycles. The van der Waals surface area contributed by atoms with Crippen molar-refractivity contribution in [3.8, 4) is 0 Å². The monoisotopic (exact) mass is 206 g/mol. The lowest BCUT2D eigenvalue weighted by Crippen LogP contribution is -2.17. The van der Waals surface area contributed by atoms with E-state index in [0.717, 1.165) is 0 Å². The van der Waals surface area contributed by atoms with E-state index in [-0.39, 0.29) is 6.61 Å². The number of hydrogen-bond acceptors (Lipinski definition) is 1. The highest BCUT2D eigenvalue weighted by Crippen LogP contribution is 2.06. The number of alkyl halides is 4. The van der Waals surface area contributed by atoms with Crippen molar-refractivity contribution in [3.63, 3.8) is 0 Å². The fraction of sp³-hybridized carbons (Fsp3) is 1.00. The van der Waals surface area contributed by atoms with E-state index in [4.69, 9.17) is 0 Å². The summed E-state index contributed by atoms with van der Waals surface area (Å²) in [7, 11) is 0. The molecule has 0 aromatic carbocycles. The van der Waals surface area contributed by atoms with Gasteiger partial charge in [-0.1, -0.05) is 15.9 Å². The molecule has 0 amide bonds. The minimum absolute atomic E-state index is 0.0362. The molecule has 9 heavy (non-hydrogen) atoms. The maximum atomic E-state index is 11.7. The molecule has 1 nitrogen and oxygen atoms in total. The van der Waals surface area contributed by atoms with Crippen LogP contribution < -0.4 is 0 Å². The minimum atomic E-state index is -3.04. The number of rotatable bonds is 4. The molecule has 0 aliphatic carbocycles. The van der Waals surface area contributed by atoms with Gasteiger partial charge in [0.25, 0.3) is 12.8 Å². The van der Waals surface area contributed by atoms with Gasteiger partial charge in [-0.3, -0.25) is 0 Å². The second-order valence-electron chi connectivity index (χ2n) is 1.25. The van der Waals surface area contributed by atoms with Crippen LogP contribution in [0.5, 0.6) is 0 Å². The number of hydrogen-bond donors (Lipinski definition) is 0. The van der Waals surface area contributed by atoms with Crippen LogP contribution in [0.4, 0.5) is 13.2 Å². The predicted octanol–water partition coefficient (Wildman–Crippen LogP) is 1.96. The van der Waals surface area contributed by atoms with E-state index < -0.39 is 12.8 Å². The third kappa shape index (κ3) is 4.72. The van der Waals surface area contributed by atoms with Gasteiger partial charge in [-0.15, -0.1) is 0 Å². The van der Waals surface area contributed by atoms with Crippen molar-refractivity contribution in [2.24, 2.45) is 0 Å². The summed E-state index contributed by atoms with van der Waals surface area (Å²) in [5.41, 5.74) is 0. The molecule has 0 saturated heterocycles. The van der Waals surface area contributed by atoms with E-state index in [9.17, 15) is 13.2 Å². The fourth-order valence-corrected chi connectivity index (χ4v) is 0.417. The topological polar surface area (TPSA) is 9.23 Å². The van der Waals surface area contributed by atoms with E-state index >= 15 is 0 Å². The standard InChI is InChI=1S/C4H6BrF3O/c5-1-2-9-4(8)3(6)7/h3-4H,1-2H2. The first kappa shape index (κ1) is 9.23. The third-order valence-corrected chi connectivity index (χ3v) is 0.876. The van der Waals surface area contributed by atoms with Gasteiger partial charge in [0.05, 0.1) is 6.61 Å². The largest absolute Gasteiger partial charge is 0.343 e. The van der Waals surface area contributed by atoms with Gasteiger partial charge < -0.3 is 4.74 Å². The molecule has 1 unspecified atom stereocenters. The maximum absolute atomic E-state index is 11.7. The van der Waals surface area contributed by atoms with Crippen LogP contribution in [0, 0.1) is 0 Å². The van der Waals surface area contributed by atoms with Gasteiger partial charge in [-0.05, 0) is 0 Å². The van der Waals surface area contributed by atoms with Crippen LogP contribution in [0.15, 0.2) is 0 Å². The molecule has 0 N–H and O–H groups in total. The van der Waals surface area contributed by atoms with Gasteiger partial charge in [-0.2, -0.15) is 0 Å². The summed E-state index contributed by atoms with van der Waals surface area (Å²) in [6, 6.07) is 0. The Kier molecular flexibility index (Phi) is 5.18. The first-order chi connectivity index (χ1) is 4.18. The Hall–Kier alpha value is 0.230. The van der Waals surface area contributed by atoms with Crippen molar-refractivity contribution >= 4 is 15.9 Å². The van der Waals surface area contributed by atoms with Crippen molar-refractivity contribution < 1.29 is 17.9 Å². The molecule has 0 rings (SSSR count). The molecule has 0 radical (unpaired) electrons. The quantitative estimate of drug-likeness (QED) is 0.640. The average Bonchev–Trinajstić information content (AvgIpc) is 1.82. The summed E-state index contributed by atoms with van der Waals surface area (Å²) in [4.78, 5) is 0. The predicted molar refractivity (Wildman–Crippen MR) is 30.6 cm³/mol. The number of halogens is 4. The smallest absolute Gasteiger partial charge is 0.293 e. The van der Waals surface area contributed by atoms with Crippen LogP contribution in [0.3, 0.4) is 0 Å². The molecule has 0 aromatic rings. The lowest BCUT2D eigenvalue weighted by atomic mass is 10.7. The van der Waals surface area contributed by atoms with E-state index in [1.807, 2.05) is 0 Å². The second kappa shape index (κ2) is 5.05. The normalized spacial score (nSPS) is 14.3. The van der Waals surface area contributed by atoms with E-state index in [1.165, 1.54) is 0 Å². The molecule has 0 heterocycles. The molecule has 0 aliphatic rings. The highest BCUT2D eigenvalue weighted by Gasteiger charge is 2.18. The molecule has 0 fully saturated rings. The minimum Gasteiger partial charge on any atom is -0.343 e. The summed E-state index contributed by atoms with van der Waals surface area (Å²) in [5, 5.41) is 0.361. The Bertz CT molecular complexity index is 70.8. The van der Waals surface area contributed by atoms with Crippen molar-refractivity contribution in [3.05, 3.63) is 0 Å². The zero-order chi connectivity index (χ0) is 7.28. The van der Waals surface area contributed by atoms with Gasteiger partial charge >= 0.3 is 0 Å². The second-order valence-corrected chi connectivity index (χ2v) is 2.04. The Morgan fingerprint density at radius 3 is 2.22 bits per heavy atom. The zero-order valence-corrected chi connectivity index (χ0v) is 6.08. The molecule has 0 saturated carbocycles. The molecular weight excluding hydrogens is 201 g/mol. The molecule has 1 atom stereocenters. The first-order valence-corrected chi connectivity index (χ1v) is 3.40. The Balaban J connectivity index is 3.16. The molecule has 0 spiro atoms. The highest BCUT2D eigenvalue weighted by molar-refractivity contribution is 9.09. The van der Waals surface area contributed by atoms with E-state index in [2.05, 4.69) is 20.7 Å². The molecule has 5 heteroatoms. The van der Waals surface area contributed by atoms with Crippen LogP contribution in [-0.4, -0.2) is 24.7 Å². The van der Waals surface area contributed by atoms with Crippen LogP contribution in [0.25, 0.3) is 0 Å². The summed E-state index contributed by atoms with van der Waals surface area (Å²) in [5.74, 6) is 0. The SMILES string of the molecule is FC(F)C(F)OCCBr. The summed E-state index contributed by atoms with van der Waals surface area (Å²) < 4.78 is 38.2. The molecule has 0 bridgehead atoms.